The first-order chi connectivity index (χ1) is 17.0. The van der Waals surface area contributed by atoms with Gasteiger partial charge in [0, 0.05) is 6.42 Å². The van der Waals surface area contributed by atoms with Crippen molar-refractivity contribution in [1.29, 1.82) is 0 Å². The number of rotatable bonds is 7. The second-order valence-corrected chi connectivity index (χ2v) is 9.13. The number of para-hydroxylation sites is 1. The number of amides is 1. The van der Waals surface area contributed by atoms with Gasteiger partial charge in [-0.05, 0) is 67.4 Å². The molecule has 0 N–H and O–H groups in total. The summed E-state index contributed by atoms with van der Waals surface area (Å²) in [6.45, 7) is 3.95. The molecule has 0 saturated carbocycles. The SMILES string of the molecule is COc1ccc(C2=NN(C(=O)CSc3nnc(C)n3-c3ccccc3C)C(c3ccco3)C2)cc1. The van der Waals surface area contributed by atoms with Gasteiger partial charge in [-0.3, -0.25) is 9.36 Å². The Morgan fingerprint density at radius 1 is 1.09 bits per heavy atom. The zero-order valence-corrected chi connectivity index (χ0v) is 20.5. The molecule has 0 bridgehead atoms. The van der Waals surface area contributed by atoms with Crippen LogP contribution in [-0.4, -0.2) is 44.3 Å². The summed E-state index contributed by atoms with van der Waals surface area (Å²) < 4.78 is 12.9. The highest BCUT2D eigenvalue weighted by molar-refractivity contribution is 7.99. The molecular formula is C26H25N5O3S. The number of benzene rings is 2. The van der Waals surface area contributed by atoms with Crippen molar-refractivity contribution in [2.45, 2.75) is 31.5 Å². The molecule has 0 fully saturated rings. The zero-order chi connectivity index (χ0) is 24.4. The van der Waals surface area contributed by atoms with Crippen LogP contribution in [0, 0.1) is 13.8 Å². The quantitative estimate of drug-likeness (QED) is 0.343. The number of aryl methyl sites for hydroxylation is 2. The number of hydrogen-bond acceptors (Lipinski definition) is 7. The summed E-state index contributed by atoms with van der Waals surface area (Å²) in [5, 5.41) is 15.5. The molecule has 5 rings (SSSR count). The highest BCUT2D eigenvalue weighted by Gasteiger charge is 2.35. The molecule has 0 radical (unpaired) electrons. The number of furan rings is 1. The molecule has 3 heterocycles. The lowest BCUT2D eigenvalue weighted by Crippen LogP contribution is -2.28. The van der Waals surface area contributed by atoms with Gasteiger partial charge in [0.25, 0.3) is 5.91 Å². The maximum absolute atomic E-state index is 13.4. The molecule has 0 spiro atoms. The van der Waals surface area contributed by atoms with E-state index in [0.29, 0.717) is 17.3 Å². The molecule has 1 aliphatic heterocycles. The number of carbonyl (C=O) groups is 1. The first-order valence-electron chi connectivity index (χ1n) is 11.2. The molecule has 1 atom stereocenters. The van der Waals surface area contributed by atoms with E-state index in [4.69, 9.17) is 14.3 Å². The summed E-state index contributed by atoms with van der Waals surface area (Å²) in [7, 11) is 1.63. The predicted octanol–water partition coefficient (Wildman–Crippen LogP) is 4.96. The van der Waals surface area contributed by atoms with Crippen LogP contribution >= 0.6 is 11.8 Å². The van der Waals surface area contributed by atoms with Gasteiger partial charge in [0.2, 0.25) is 0 Å². The average molecular weight is 488 g/mol. The van der Waals surface area contributed by atoms with Gasteiger partial charge in [-0.2, -0.15) is 5.10 Å². The van der Waals surface area contributed by atoms with Gasteiger partial charge >= 0.3 is 0 Å². The standard InChI is InChI=1S/C26H25N5O3S/c1-17-7-4-5-8-22(17)30-18(2)27-28-26(30)35-16-25(32)31-23(24-9-6-14-34-24)15-21(29-31)19-10-12-20(33-3)13-11-19/h4-14,23H,15-16H2,1-3H3. The lowest BCUT2D eigenvalue weighted by atomic mass is 10.0. The zero-order valence-electron chi connectivity index (χ0n) is 19.7. The number of methoxy groups -OCH3 is 1. The van der Waals surface area contributed by atoms with E-state index in [-0.39, 0.29) is 17.7 Å². The fraction of sp³-hybridized carbons (Fsp3) is 0.231. The first kappa shape index (κ1) is 22.9. The van der Waals surface area contributed by atoms with E-state index in [9.17, 15) is 4.79 Å². The maximum atomic E-state index is 13.4. The minimum absolute atomic E-state index is 0.128. The third kappa shape index (κ3) is 4.59. The van der Waals surface area contributed by atoms with Crippen LogP contribution in [0.25, 0.3) is 5.69 Å². The van der Waals surface area contributed by atoms with Gasteiger partial charge in [0.05, 0.1) is 30.5 Å². The molecule has 1 aliphatic rings. The Labute approximate surface area is 207 Å². The van der Waals surface area contributed by atoms with Crippen molar-refractivity contribution in [3.05, 3.63) is 89.6 Å². The Hall–Kier alpha value is -3.85. The van der Waals surface area contributed by atoms with E-state index < -0.39 is 0 Å². The Kier molecular flexibility index (Phi) is 6.41. The summed E-state index contributed by atoms with van der Waals surface area (Å²) in [4.78, 5) is 13.4. The smallest absolute Gasteiger partial charge is 0.253 e. The predicted molar refractivity (Wildman–Crippen MR) is 134 cm³/mol. The molecule has 178 valence electrons. The first-order valence-corrected chi connectivity index (χ1v) is 12.2. The van der Waals surface area contributed by atoms with E-state index in [1.165, 1.54) is 16.8 Å². The Bertz CT molecular complexity index is 1360. The lowest BCUT2D eigenvalue weighted by molar-refractivity contribution is -0.130. The summed E-state index contributed by atoms with van der Waals surface area (Å²) in [6, 6.07) is 19.1. The number of hydrogen-bond donors (Lipinski definition) is 0. The lowest BCUT2D eigenvalue weighted by Gasteiger charge is -2.19. The van der Waals surface area contributed by atoms with Crippen LogP contribution in [0.2, 0.25) is 0 Å². The molecule has 0 saturated heterocycles. The second-order valence-electron chi connectivity index (χ2n) is 8.19. The van der Waals surface area contributed by atoms with E-state index in [1.54, 1.807) is 13.4 Å². The van der Waals surface area contributed by atoms with Crippen molar-refractivity contribution in [2.24, 2.45) is 5.10 Å². The minimum Gasteiger partial charge on any atom is -0.497 e. The third-order valence-corrected chi connectivity index (χ3v) is 6.85. The van der Waals surface area contributed by atoms with Gasteiger partial charge in [-0.25, -0.2) is 5.01 Å². The second kappa shape index (κ2) is 9.79. The Morgan fingerprint density at radius 3 is 2.60 bits per heavy atom. The van der Waals surface area contributed by atoms with E-state index >= 15 is 0 Å². The van der Waals surface area contributed by atoms with E-state index in [2.05, 4.69) is 10.2 Å². The van der Waals surface area contributed by atoms with Crippen molar-refractivity contribution < 1.29 is 13.9 Å². The fourth-order valence-corrected chi connectivity index (χ4v) is 4.96. The summed E-state index contributed by atoms with van der Waals surface area (Å²) >= 11 is 1.35. The number of thioether (sulfide) groups is 1. The van der Waals surface area contributed by atoms with Gasteiger partial charge in [0.1, 0.15) is 23.4 Å². The average Bonchev–Trinajstić information content (AvgIpc) is 3.63. The van der Waals surface area contributed by atoms with Crippen LogP contribution in [0.5, 0.6) is 5.75 Å². The normalized spacial score (nSPS) is 15.3. The number of hydrazone groups is 1. The Balaban J connectivity index is 1.38. The maximum Gasteiger partial charge on any atom is 0.253 e. The van der Waals surface area contributed by atoms with E-state index in [1.807, 2.05) is 79.1 Å². The van der Waals surface area contributed by atoms with Crippen LogP contribution in [0.15, 0.2) is 81.6 Å². The largest absolute Gasteiger partial charge is 0.497 e. The number of ether oxygens (including phenoxy) is 1. The molecule has 0 aliphatic carbocycles. The van der Waals surface area contributed by atoms with Crippen molar-refractivity contribution >= 4 is 23.4 Å². The molecule has 1 unspecified atom stereocenters. The van der Waals surface area contributed by atoms with Crippen LogP contribution < -0.4 is 4.74 Å². The summed E-state index contributed by atoms with van der Waals surface area (Å²) in [6.07, 6.45) is 2.18. The molecule has 9 heteroatoms. The highest BCUT2D eigenvalue weighted by Crippen LogP contribution is 2.34. The highest BCUT2D eigenvalue weighted by atomic mass is 32.2. The van der Waals surface area contributed by atoms with Gasteiger partial charge < -0.3 is 9.15 Å². The van der Waals surface area contributed by atoms with Crippen LogP contribution in [0.3, 0.4) is 0 Å². The third-order valence-electron chi connectivity index (χ3n) is 5.94. The molecule has 2 aromatic carbocycles. The van der Waals surface area contributed by atoms with Crippen LogP contribution in [0.1, 0.15) is 35.2 Å². The van der Waals surface area contributed by atoms with Crippen LogP contribution in [-0.2, 0) is 4.79 Å². The number of nitrogens with zero attached hydrogens (tertiary/aromatic N) is 5. The van der Waals surface area contributed by atoms with Crippen LogP contribution in [0.4, 0.5) is 0 Å². The van der Waals surface area contributed by atoms with E-state index in [0.717, 1.165) is 34.1 Å². The Morgan fingerprint density at radius 2 is 1.89 bits per heavy atom. The number of carbonyl (C=O) groups excluding carboxylic acids is 1. The van der Waals surface area contributed by atoms with Gasteiger partial charge in [-0.15, -0.1) is 10.2 Å². The van der Waals surface area contributed by atoms with Gasteiger partial charge in [-0.1, -0.05) is 30.0 Å². The van der Waals surface area contributed by atoms with Crippen molar-refractivity contribution in [1.82, 2.24) is 19.8 Å². The molecule has 2 aromatic heterocycles. The van der Waals surface area contributed by atoms with Gasteiger partial charge in [0.15, 0.2) is 5.16 Å². The monoisotopic (exact) mass is 487 g/mol. The summed E-state index contributed by atoms with van der Waals surface area (Å²) in [5.41, 5.74) is 3.88. The minimum atomic E-state index is -0.300. The molecule has 1 amide bonds. The molecule has 35 heavy (non-hydrogen) atoms. The number of aromatic nitrogens is 3. The molecule has 8 nitrogen and oxygen atoms in total. The van der Waals surface area contributed by atoms with Crippen molar-refractivity contribution in [3.63, 3.8) is 0 Å². The molecular weight excluding hydrogens is 462 g/mol. The van der Waals surface area contributed by atoms with Crippen molar-refractivity contribution in [2.75, 3.05) is 12.9 Å². The summed E-state index contributed by atoms with van der Waals surface area (Å²) in [5.74, 6) is 2.28. The topological polar surface area (TPSA) is 85.8 Å². The van der Waals surface area contributed by atoms with Crippen molar-refractivity contribution in [3.8, 4) is 11.4 Å². The fourth-order valence-electron chi connectivity index (χ4n) is 4.12. The molecule has 4 aromatic rings.